The average molecular weight is 400 g/mol. The van der Waals surface area contributed by atoms with Gasteiger partial charge in [-0.05, 0) is 43.5 Å². The van der Waals surface area contributed by atoms with Gasteiger partial charge in [0, 0.05) is 39.1 Å². The van der Waals surface area contributed by atoms with Crippen LogP contribution in [0.5, 0.6) is 0 Å². The van der Waals surface area contributed by atoms with E-state index in [-0.39, 0.29) is 29.8 Å². The Balaban J connectivity index is 1.77. The van der Waals surface area contributed by atoms with Gasteiger partial charge in [-0.1, -0.05) is 0 Å². The number of amides is 3. The number of urea groups is 1. The quantitative estimate of drug-likeness (QED) is 0.707. The summed E-state index contributed by atoms with van der Waals surface area (Å²) in [5, 5.41) is 2.64. The summed E-state index contributed by atoms with van der Waals surface area (Å²) in [4.78, 5) is 24.8. The van der Waals surface area contributed by atoms with Crippen LogP contribution in [0.4, 0.5) is 9.18 Å². The molecule has 1 heterocycles. The second kappa shape index (κ2) is 9.14. The predicted molar refractivity (Wildman–Crippen MR) is 97.8 cm³/mol. The first kappa shape index (κ1) is 21.1. The van der Waals surface area contributed by atoms with Crippen molar-refractivity contribution in [3.63, 3.8) is 0 Å². The topological polar surface area (TPSA) is 113 Å². The molecule has 1 aliphatic heterocycles. The zero-order chi connectivity index (χ0) is 20.0. The lowest BCUT2D eigenvalue weighted by molar-refractivity contribution is -0.132. The Morgan fingerprint density at radius 2 is 1.85 bits per heavy atom. The summed E-state index contributed by atoms with van der Waals surface area (Å²) < 4.78 is 38.9. The van der Waals surface area contributed by atoms with Crippen molar-refractivity contribution in [1.82, 2.24) is 14.5 Å². The van der Waals surface area contributed by atoms with Crippen LogP contribution >= 0.6 is 0 Å². The lowest BCUT2D eigenvalue weighted by atomic mass is 10.0. The van der Waals surface area contributed by atoms with Gasteiger partial charge in [-0.3, -0.25) is 4.79 Å². The zero-order valence-electron chi connectivity index (χ0n) is 15.2. The van der Waals surface area contributed by atoms with E-state index in [1.165, 1.54) is 19.2 Å². The number of primary amides is 1. The standard InChI is InChI=1S/C17H25FN4O4S/c1-21(27(25,26)15-6-4-13(18)5-7-15)10-2-3-16(23)22-11-8-14(9-12-22)20-17(19)24/h4-7,14H,2-3,8-12H2,1H3,(H3,19,20,24). The Morgan fingerprint density at radius 3 is 2.41 bits per heavy atom. The van der Waals surface area contributed by atoms with Gasteiger partial charge in [-0.15, -0.1) is 0 Å². The molecule has 27 heavy (non-hydrogen) atoms. The molecular weight excluding hydrogens is 375 g/mol. The SMILES string of the molecule is CN(CCCC(=O)N1CCC(NC(N)=O)CC1)S(=O)(=O)c1ccc(F)cc1. The number of likely N-dealkylation sites (tertiary alicyclic amines) is 1. The fourth-order valence-corrected chi connectivity index (χ4v) is 4.20. The summed E-state index contributed by atoms with van der Waals surface area (Å²) in [6.07, 6.45) is 1.91. The number of benzene rings is 1. The number of carbonyl (C=O) groups excluding carboxylic acids is 2. The lowest BCUT2D eigenvalue weighted by Gasteiger charge is -2.32. The second-order valence-electron chi connectivity index (χ2n) is 6.55. The van der Waals surface area contributed by atoms with E-state index < -0.39 is 21.9 Å². The summed E-state index contributed by atoms with van der Waals surface area (Å²) >= 11 is 0. The number of nitrogens with one attached hydrogen (secondary N) is 1. The van der Waals surface area contributed by atoms with E-state index in [9.17, 15) is 22.4 Å². The summed E-state index contributed by atoms with van der Waals surface area (Å²) in [5.41, 5.74) is 5.09. The molecule has 0 bridgehead atoms. The molecule has 3 amide bonds. The van der Waals surface area contributed by atoms with Crippen molar-refractivity contribution >= 4 is 22.0 Å². The van der Waals surface area contributed by atoms with Crippen LogP contribution in [0.3, 0.4) is 0 Å². The largest absolute Gasteiger partial charge is 0.352 e. The molecule has 1 fully saturated rings. The minimum absolute atomic E-state index is 0.0152. The smallest absolute Gasteiger partial charge is 0.312 e. The van der Waals surface area contributed by atoms with E-state index in [1.54, 1.807) is 4.90 Å². The maximum atomic E-state index is 13.0. The van der Waals surface area contributed by atoms with Crippen LogP contribution in [-0.2, 0) is 14.8 Å². The monoisotopic (exact) mass is 400 g/mol. The van der Waals surface area contributed by atoms with E-state index in [0.29, 0.717) is 32.4 Å². The van der Waals surface area contributed by atoms with Crippen molar-refractivity contribution in [2.45, 2.75) is 36.6 Å². The second-order valence-corrected chi connectivity index (χ2v) is 8.59. The fraction of sp³-hybridized carbons (Fsp3) is 0.529. The highest BCUT2D eigenvalue weighted by molar-refractivity contribution is 7.89. The van der Waals surface area contributed by atoms with Gasteiger partial charge in [0.1, 0.15) is 5.82 Å². The van der Waals surface area contributed by atoms with Crippen LogP contribution in [0.25, 0.3) is 0 Å². The van der Waals surface area contributed by atoms with Gasteiger partial charge in [-0.25, -0.2) is 21.9 Å². The molecule has 1 aromatic carbocycles. The molecule has 150 valence electrons. The predicted octanol–water partition coefficient (Wildman–Crippen LogP) is 0.886. The molecule has 1 aromatic rings. The molecule has 8 nitrogen and oxygen atoms in total. The van der Waals surface area contributed by atoms with Gasteiger partial charge in [0.15, 0.2) is 0 Å². The summed E-state index contributed by atoms with van der Waals surface area (Å²) in [5.74, 6) is -0.544. The van der Waals surface area contributed by atoms with Gasteiger partial charge < -0.3 is 16.0 Å². The molecule has 1 saturated heterocycles. The highest BCUT2D eigenvalue weighted by Crippen LogP contribution is 2.16. The molecule has 0 aliphatic carbocycles. The molecule has 1 aliphatic rings. The Morgan fingerprint density at radius 1 is 1.26 bits per heavy atom. The molecule has 2 rings (SSSR count). The van der Waals surface area contributed by atoms with Gasteiger partial charge >= 0.3 is 6.03 Å². The van der Waals surface area contributed by atoms with Crippen LogP contribution in [0.1, 0.15) is 25.7 Å². The number of hydrogen-bond donors (Lipinski definition) is 2. The van der Waals surface area contributed by atoms with Crippen molar-refractivity contribution in [3.8, 4) is 0 Å². The van der Waals surface area contributed by atoms with Crippen molar-refractivity contribution in [3.05, 3.63) is 30.1 Å². The highest BCUT2D eigenvalue weighted by atomic mass is 32.2. The van der Waals surface area contributed by atoms with Crippen LogP contribution < -0.4 is 11.1 Å². The minimum Gasteiger partial charge on any atom is -0.352 e. The normalized spacial score (nSPS) is 15.7. The summed E-state index contributed by atoms with van der Waals surface area (Å²) in [6.45, 7) is 1.26. The molecular formula is C17H25FN4O4S. The maximum Gasteiger partial charge on any atom is 0.312 e. The Labute approximate surface area is 158 Å². The molecule has 0 saturated carbocycles. The van der Waals surface area contributed by atoms with Gasteiger partial charge in [0.25, 0.3) is 0 Å². The van der Waals surface area contributed by atoms with Crippen molar-refractivity contribution in [2.75, 3.05) is 26.7 Å². The van der Waals surface area contributed by atoms with Crippen LogP contribution in [0, 0.1) is 5.82 Å². The van der Waals surface area contributed by atoms with Crippen molar-refractivity contribution in [2.24, 2.45) is 5.73 Å². The van der Waals surface area contributed by atoms with E-state index in [4.69, 9.17) is 5.73 Å². The van der Waals surface area contributed by atoms with E-state index in [0.717, 1.165) is 16.4 Å². The number of halogens is 1. The molecule has 0 unspecified atom stereocenters. The molecule has 0 aromatic heterocycles. The number of rotatable bonds is 7. The van der Waals surface area contributed by atoms with Crippen LogP contribution in [0.15, 0.2) is 29.2 Å². The van der Waals surface area contributed by atoms with Crippen LogP contribution in [0.2, 0.25) is 0 Å². The van der Waals surface area contributed by atoms with Gasteiger partial charge in [0.2, 0.25) is 15.9 Å². The lowest BCUT2D eigenvalue weighted by Crippen LogP contribution is -2.47. The Hall–Kier alpha value is -2.20. The molecule has 0 atom stereocenters. The first-order valence-corrected chi connectivity index (χ1v) is 10.2. The average Bonchev–Trinajstić information content (AvgIpc) is 2.62. The number of nitrogens with two attached hydrogens (primary N) is 1. The Kier molecular flexibility index (Phi) is 7.14. The van der Waals surface area contributed by atoms with Gasteiger partial charge in [-0.2, -0.15) is 0 Å². The third kappa shape index (κ3) is 5.90. The van der Waals surface area contributed by atoms with Crippen LogP contribution in [-0.4, -0.2) is 62.3 Å². The number of carbonyl (C=O) groups is 2. The van der Waals surface area contributed by atoms with E-state index in [2.05, 4.69) is 5.32 Å². The van der Waals surface area contributed by atoms with Crippen molar-refractivity contribution < 1.29 is 22.4 Å². The summed E-state index contributed by atoms with van der Waals surface area (Å²) in [7, 11) is -2.27. The Bertz CT molecular complexity index is 762. The zero-order valence-corrected chi connectivity index (χ0v) is 16.0. The number of hydrogen-bond acceptors (Lipinski definition) is 4. The van der Waals surface area contributed by atoms with E-state index in [1.807, 2.05) is 0 Å². The molecule has 0 spiro atoms. The van der Waals surface area contributed by atoms with Gasteiger partial charge in [0.05, 0.1) is 4.90 Å². The fourth-order valence-electron chi connectivity index (χ4n) is 2.99. The number of piperidine rings is 1. The molecule has 3 N–H and O–H groups in total. The first-order valence-electron chi connectivity index (χ1n) is 8.76. The number of nitrogens with zero attached hydrogens (tertiary/aromatic N) is 2. The molecule has 10 heteroatoms. The minimum atomic E-state index is -3.71. The maximum absolute atomic E-state index is 13.0. The number of sulfonamides is 1. The third-order valence-corrected chi connectivity index (χ3v) is 6.45. The van der Waals surface area contributed by atoms with E-state index >= 15 is 0 Å². The highest BCUT2D eigenvalue weighted by Gasteiger charge is 2.24. The first-order chi connectivity index (χ1) is 12.7. The molecule has 0 radical (unpaired) electrons. The van der Waals surface area contributed by atoms with Crippen molar-refractivity contribution in [1.29, 1.82) is 0 Å². The summed E-state index contributed by atoms with van der Waals surface area (Å²) in [6, 6.07) is 4.05. The third-order valence-electron chi connectivity index (χ3n) is 4.58.